The summed E-state index contributed by atoms with van der Waals surface area (Å²) in [6.07, 6.45) is 3.64. The lowest BCUT2D eigenvalue weighted by Crippen LogP contribution is -2.46. The number of nitrogens with one attached hydrogen (secondary N) is 1. The second kappa shape index (κ2) is 8.46. The molecule has 1 aliphatic carbocycles. The van der Waals surface area contributed by atoms with E-state index in [1.54, 1.807) is 24.3 Å². The Balaban J connectivity index is 1.60. The minimum atomic E-state index is -1.10. The van der Waals surface area contributed by atoms with Crippen LogP contribution in [-0.2, 0) is 23.9 Å². The molecule has 154 valence electrons. The molecule has 1 saturated heterocycles. The Morgan fingerprint density at radius 1 is 1.10 bits per heavy atom. The number of imide groups is 1. The Hall–Kier alpha value is -3.16. The van der Waals surface area contributed by atoms with Crippen LogP contribution in [0.3, 0.4) is 0 Å². The summed E-state index contributed by atoms with van der Waals surface area (Å²) in [5.74, 6) is -2.32. The number of fused-ring (bicyclic) bond motifs is 1. The van der Waals surface area contributed by atoms with E-state index >= 15 is 0 Å². The molecule has 1 aromatic carbocycles. The van der Waals surface area contributed by atoms with Gasteiger partial charge in [-0.1, -0.05) is 18.2 Å². The van der Waals surface area contributed by atoms with Gasteiger partial charge in [0.1, 0.15) is 11.8 Å². The quantitative estimate of drug-likeness (QED) is 0.445. The average Bonchev–Trinajstić information content (AvgIpc) is 2.98. The van der Waals surface area contributed by atoms with Crippen LogP contribution in [0.15, 0.2) is 36.4 Å². The fourth-order valence-corrected chi connectivity index (χ4v) is 3.58. The standard InChI is InChI=1S/C21H24N2O6/c1-12(23-19(25)16-9-4-5-10-17(16)20(23)26)21(27)29-13(2)18(24)22-14-7-6-8-15(11-14)28-3/h4-8,11-13,16-17H,9-10H2,1-3H3,(H,22,24)/t12-,13-,16-,17-/m0/s1. The van der Waals surface area contributed by atoms with E-state index in [0.29, 0.717) is 24.3 Å². The second-order valence-electron chi connectivity index (χ2n) is 7.18. The monoisotopic (exact) mass is 400 g/mol. The number of carbonyl (C=O) groups excluding carboxylic acids is 4. The second-order valence-corrected chi connectivity index (χ2v) is 7.18. The molecule has 0 radical (unpaired) electrons. The van der Waals surface area contributed by atoms with Gasteiger partial charge in [-0.2, -0.15) is 0 Å². The summed E-state index contributed by atoms with van der Waals surface area (Å²) in [5, 5.41) is 2.64. The first-order chi connectivity index (χ1) is 13.8. The zero-order chi connectivity index (χ0) is 21.1. The Morgan fingerprint density at radius 3 is 2.31 bits per heavy atom. The van der Waals surface area contributed by atoms with Crippen LogP contribution in [0, 0.1) is 11.8 Å². The maximum Gasteiger partial charge on any atom is 0.329 e. The molecule has 29 heavy (non-hydrogen) atoms. The van der Waals surface area contributed by atoms with Gasteiger partial charge in [0.05, 0.1) is 18.9 Å². The molecule has 0 unspecified atom stereocenters. The van der Waals surface area contributed by atoms with Crippen molar-refractivity contribution in [2.24, 2.45) is 11.8 Å². The molecule has 8 heteroatoms. The highest BCUT2D eigenvalue weighted by atomic mass is 16.5. The first-order valence-corrected chi connectivity index (χ1v) is 9.50. The zero-order valence-electron chi connectivity index (χ0n) is 16.6. The lowest BCUT2D eigenvalue weighted by Gasteiger charge is -2.23. The number of hydrogen-bond donors (Lipinski definition) is 1. The van der Waals surface area contributed by atoms with Gasteiger partial charge in [-0.3, -0.25) is 19.3 Å². The predicted molar refractivity (Wildman–Crippen MR) is 104 cm³/mol. The molecule has 1 aromatic rings. The molecule has 1 fully saturated rings. The predicted octanol–water partition coefficient (Wildman–Crippen LogP) is 1.91. The maximum absolute atomic E-state index is 12.6. The first-order valence-electron chi connectivity index (χ1n) is 9.50. The maximum atomic E-state index is 12.6. The Labute approximate surface area is 168 Å². The van der Waals surface area contributed by atoms with E-state index in [-0.39, 0.29) is 11.8 Å². The summed E-state index contributed by atoms with van der Waals surface area (Å²) >= 11 is 0. The van der Waals surface area contributed by atoms with Gasteiger partial charge in [0.2, 0.25) is 11.8 Å². The van der Waals surface area contributed by atoms with Crippen LogP contribution in [0.2, 0.25) is 0 Å². The summed E-state index contributed by atoms with van der Waals surface area (Å²) in [6, 6.07) is 5.67. The Kier molecular flexibility index (Phi) is 6.00. The molecule has 3 amide bonds. The first kappa shape index (κ1) is 20.6. The van der Waals surface area contributed by atoms with Crippen molar-refractivity contribution in [1.82, 2.24) is 4.90 Å². The molecule has 4 atom stereocenters. The van der Waals surface area contributed by atoms with Gasteiger partial charge < -0.3 is 14.8 Å². The van der Waals surface area contributed by atoms with E-state index in [1.165, 1.54) is 21.0 Å². The van der Waals surface area contributed by atoms with E-state index in [1.807, 2.05) is 12.2 Å². The molecule has 1 heterocycles. The summed E-state index contributed by atoms with van der Waals surface area (Å²) < 4.78 is 10.3. The lowest BCUT2D eigenvalue weighted by molar-refractivity contribution is -0.163. The number of nitrogens with zero attached hydrogens (tertiary/aromatic N) is 1. The summed E-state index contributed by atoms with van der Waals surface area (Å²) in [5.41, 5.74) is 0.492. The van der Waals surface area contributed by atoms with Crippen LogP contribution in [-0.4, -0.2) is 47.8 Å². The topological polar surface area (TPSA) is 102 Å². The van der Waals surface area contributed by atoms with E-state index in [9.17, 15) is 19.2 Å². The van der Waals surface area contributed by atoms with Crippen molar-refractivity contribution in [2.75, 3.05) is 12.4 Å². The summed E-state index contributed by atoms with van der Waals surface area (Å²) in [7, 11) is 1.51. The summed E-state index contributed by atoms with van der Waals surface area (Å²) in [6.45, 7) is 2.87. The fourth-order valence-electron chi connectivity index (χ4n) is 3.58. The third-order valence-electron chi connectivity index (χ3n) is 5.27. The van der Waals surface area contributed by atoms with Crippen molar-refractivity contribution in [3.8, 4) is 5.75 Å². The SMILES string of the molecule is COc1cccc(NC(=O)[C@H](C)OC(=O)[C@H](C)N2C(=O)[C@H]3CC=CC[C@@H]3C2=O)c1. The summed E-state index contributed by atoms with van der Waals surface area (Å²) in [4.78, 5) is 51.0. The minimum absolute atomic E-state index is 0.359. The minimum Gasteiger partial charge on any atom is -0.497 e. The number of amides is 3. The van der Waals surface area contributed by atoms with Crippen molar-refractivity contribution in [1.29, 1.82) is 0 Å². The van der Waals surface area contributed by atoms with E-state index in [4.69, 9.17) is 9.47 Å². The highest BCUT2D eigenvalue weighted by Gasteiger charge is 2.50. The number of anilines is 1. The fraction of sp³-hybridized carbons (Fsp3) is 0.429. The smallest absolute Gasteiger partial charge is 0.329 e. The van der Waals surface area contributed by atoms with Crippen LogP contribution in [0.4, 0.5) is 5.69 Å². The third kappa shape index (κ3) is 4.16. The molecule has 8 nitrogen and oxygen atoms in total. The average molecular weight is 400 g/mol. The number of methoxy groups -OCH3 is 1. The molecule has 0 saturated carbocycles. The van der Waals surface area contributed by atoms with E-state index in [0.717, 1.165) is 4.90 Å². The number of benzene rings is 1. The van der Waals surface area contributed by atoms with Gasteiger partial charge in [-0.15, -0.1) is 0 Å². The number of allylic oxidation sites excluding steroid dienone is 2. The molecule has 0 aromatic heterocycles. The highest BCUT2D eigenvalue weighted by molar-refractivity contribution is 6.08. The van der Waals surface area contributed by atoms with Crippen molar-refractivity contribution >= 4 is 29.4 Å². The van der Waals surface area contributed by atoms with Crippen LogP contribution in [0.1, 0.15) is 26.7 Å². The van der Waals surface area contributed by atoms with Crippen LogP contribution in [0.25, 0.3) is 0 Å². The van der Waals surface area contributed by atoms with Gasteiger partial charge in [-0.25, -0.2) is 4.79 Å². The zero-order valence-corrected chi connectivity index (χ0v) is 16.6. The van der Waals surface area contributed by atoms with E-state index < -0.39 is 35.9 Å². The third-order valence-corrected chi connectivity index (χ3v) is 5.27. The number of carbonyl (C=O) groups is 4. The highest BCUT2D eigenvalue weighted by Crippen LogP contribution is 2.36. The van der Waals surface area contributed by atoms with Crippen molar-refractivity contribution in [3.63, 3.8) is 0 Å². The van der Waals surface area contributed by atoms with Gasteiger partial charge in [0.15, 0.2) is 6.10 Å². The number of hydrogen-bond acceptors (Lipinski definition) is 6. The number of likely N-dealkylation sites (tertiary alicyclic amines) is 1. The largest absolute Gasteiger partial charge is 0.497 e. The molecule has 0 bridgehead atoms. The number of rotatable bonds is 6. The van der Waals surface area contributed by atoms with E-state index in [2.05, 4.69) is 5.32 Å². The van der Waals surface area contributed by atoms with Gasteiger partial charge in [0.25, 0.3) is 5.91 Å². The van der Waals surface area contributed by atoms with Gasteiger partial charge in [-0.05, 0) is 38.8 Å². The number of ether oxygens (including phenoxy) is 2. The van der Waals surface area contributed by atoms with Crippen LogP contribution in [0.5, 0.6) is 5.75 Å². The molecule has 1 aliphatic heterocycles. The van der Waals surface area contributed by atoms with Crippen molar-refractivity contribution in [3.05, 3.63) is 36.4 Å². The molecule has 3 rings (SSSR count). The van der Waals surface area contributed by atoms with Gasteiger partial charge in [0, 0.05) is 11.8 Å². The number of esters is 1. The molecule has 1 N–H and O–H groups in total. The lowest BCUT2D eigenvalue weighted by atomic mass is 9.85. The molecule has 0 spiro atoms. The normalized spacial score (nSPS) is 22.7. The van der Waals surface area contributed by atoms with Crippen molar-refractivity contribution < 1.29 is 28.7 Å². The van der Waals surface area contributed by atoms with Gasteiger partial charge >= 0.3 is 5.97 Å². The molecular weight excluding hydrogens is 376 g/mol. The Morgan fingerprint density at radius 2 is 1.72 bits per heavy atom. The van der Waals surface area contributed by atoms with Crippen LogP contribution >= 0.6 is 0 Å². The van der Waals surface area contributed by atoms with Crippen molar-refractivity contribution in [2.45, 2.75) is 38.8 Å². The Bertz CT molecular complexity index is 838. The van der Waals surface area contributed by atoms with Crippen LogP contribution < -0.4 is 10.1 Å². The molecular formula is C21H24N2O6. The molecule has 2 aliphatic rings.